The third-order valence-electron chi connectivity index (χ3n) is 5.42. The van der Waals surface area contributed by atoms with Crippen LogP contribution in [-0.2, 0) is 6.42 Å². The summed E-state index contributed by atoms with van der Waals surface area (Å²) in [6.45, 7) is 3.01. The fourth-order valence-corrected chi connectivity index (χ4v) is 4.25. The standard InChI is InChI=1S/C20H22F2N2O2/c21-15-7-16(22)9-20(8-15)26-19-5-13-11-24(12-14(13)6-19)4-3-17-1-2-18(25)10-23-17/h1-2,7-10,13-14,19,25H,3-6,11-12H2. The number of fused-ring (bicyclic) bond motifs is 1. The number of likely N-dealkylation sites (tertiary alicyclic amines) is 1. The Morgan fingerprint density at radius 2 is 1.77 bits per heavy atom. The summed E-state index contributed by atoms with van der Waals surface area (Å²) in [5.74, 6) is 0.410. The first-order valence-electron chi connectivity index (χ1n) is 9.04. The number of benzene rings is 1. The first-order chi connectivity index (χ1) is 12.5. The average molecular weight is 360 g/mol. The number of ether oxygens (including phenoxy) is 1. The number of rotatable bonds is 5. The molecule has 0 bridgehead atoms. The third-order valence-corrected chi connectivity index (χ3v) is 5.42. The van der Waals surface area contributed by atoms with Gasteiger partial charge in [-0.05, 0) is 36.8 Å². The lowest BCUT2D eigenvalue weighted by molar-refractivity contribution is 0.184. The van der Waals surface area contributed by atoms with E-state index in [9.17, 15) is 13.9 Å². The number of aromatic hydroxyl groups is 1. The van der Waals surface area contributed by atoms with Gasteiger partial charge in [-0.2, -0.15) is 0 Å². The summed E-state index contributed by atoms with van der Waals surface area (Å²) in [5.41, 5.74) is 0.981. The van der Waals surface area contributed by atoms with Gasteiger partial charge in [-0.3, -0.25) is 4.98 Å². The van der Waals surface area contributed by atoms with Crippen LogP contribution in [0.4, 0.5) is 8.78 Å². The van der Waals surface area contributed by atoms with E-state index in [2.05, 4.69) is 9.88 Å². The van der Waals surface area contributed by atoms with Gasteiger partial charge < -0.3 is 14.7 Å². The summed E-state index contributed by atoms with van der Waals surface area (Å²) < 4.78 is 32.4. The van der Waals surface area contributed by atoms with Gasteiger partial charge in [0.1, 0.15) is 23.1 Å². The molecule has 2 unspecified atom stereocenters. The Bertz CT molecular complexity index is 735. The summed E-state index contributed by atoms with van der Waals surface area (Å²) in [6.07, 6.45) is 4.23. The minimum Gasteiger partial charge on any atom is -0.506 e. The van der Waals surface area contributed by atoms with Crippen LogP contribution >= 0.6 is 0 Å². The maximum Gasteiger partial charge on any atom is 0.133 e. The van der Waals surface area contributed by atoms with Crippen LogP contribution in [0.15, 0.2) is 36.5 Å². The van der Waals surface area contributed by atoms with Crippen molar-refractivity contribution in [2.24, 2.45) is 11.8 Å². The Labute approximate surface area is 151 Å². The number of aromatic nitrogens is 1. The molecule has 0 radical (unpaired) electrons. The number of pyridine rings is 1. The number of hydrogen-bond acceptors (Lipinski definition) is 4. The molecular formula is C20H22F2N2O2. The van der Waals surface area contributed by atoms with Crippen molar-refractivity contribution < 1.29 is 18.6 Å². The van der Waals surface area contributed by atoms with Crippen LogP contribution < -0.4 is 4.74 Å². The Hall–Kier alpha value is -2.21. The Morgan fingerprint density at radius 3 is 2.38 bits per heavy atom. The number of halogens is 2. The summed E-state index contributed by atoms with van der Waals surface area (Å²) in [5, 5.41) is 9.28. The molecule has 2 fully saturated rings. The van der Waals surface area contributed by atoms with Crippen molar-refractivity contribution in [3.63, 3.8) is 0 Å². The molecule has 4 nitrogen and oxygen atoms in total. The smallest absolute Gasteiger partial charge is 0.133 e. The summed E-state index contributed by atoms with van der Waals surface area (Å²) >= 11 is 0. The van der Waals surface area contributed by atoms with Gasteiger partial charge in [-0.1, -0.05) is 0 Å². The minimum atomic E-state index is -0.604. The molecule has 2 aliphatic rings. The highest BCUT2D eigenvalue weighted by Gasteiger charge is 2.41. The molecule has 2 atom stereocenters. The van der Waals surface area contributed by atoms with Crippen LogP contribution in [0.3, 0.4) is 0 Å². The molecule has 138 valence electrons. The van der Waals surface area contributed by atoms with E-state index < -0.39 is 11.6 Å². The van der Waals surface area contributed by atoms with Crippen molar-refractivity contribution in [2.75, 3.05) is 19.6 Å². The normalized spacial score (nSPS) is 25.4. The molecule has 4 rings (SSSR count). The minimum absolute atomic E-state index is 0.0344. The van der Waals surface area contributed by atoms with Crippen LogP contribution in [0, 0.1) is 23.5 Å². The zero-order valence-electron chi connectivity index (χ0n) is 14.4. The van der Waals surface area contributed by atoms with Gasteiger partial charge in [0.15, 0.2) is 0 Å². The van der Waals surface area contributed by atoms with E-state index in [1.165, 1.54) is 18.3 Å². The van der Waals surface area contributed by atoms with E-state index in [0.29, 0.717) is 11.8 Å². The maximum atomic E-state index is 13.3. The number of hydrogen-bond donors (Lipinski definition) is 1. The molecule has 1 aromatic carbocycles. The van der Waals surface area contributed by atoms with E-state index in [4.69, 9.17) is 4.74 Å². The molecule has 1 saturated carbocycles. The summed E-state index contributed by atoms with van der Waals surface area (Å²) in [4.78, 5) is 6.67. The van der Waals surface area contributed by atoms with Crippen molar-refractivity contribution in [1.82, 2.24) is 9.88 Å². The maximum absolute atomic E-state index is 13.3. The van der Waals surface area contributed by atoms with Crippen molar-refractivity contribution in [2.45, 2.75) is 25.4 Å². The lowest BCUT2D eigenvalue weighted by atomic mass is 10.0. The highest BCUT2D eigenvalue weighted by Crippen LogP contribution is 2.39. The van der Waals surface area contributed by atoms with Crippen molar-refractivity contribution in [1.29, 1.82) is 0 Å². The molecular weight excluding hydrogens is 338 g/mol. The second-order valence-electron chi connectivity index (χ2n) is 7.35. The van der Waals surface area contributed by atoms with Gasteiger partial charge in [0.05, 0.1) is 12.3 Å². The third kappa shape index (κ3) is 3.96. The summed E-state index contributed by atoms with van der Waals surface area (Å²) in [7, 11) is 0. The molecule has 1 saturated heterocycles. The van der Waals surface area contributed by atoms with E-state index in [-0.39, 0.29) is 17.6 Å². The lowest BCUT2D eigenvalue weighted by Gasteiger charge is -2.19. The molecule has 2 heterocycles. The average Bonchev–Trinajstić information content (AvgIpc) is 3.11. The van der Waals surface area contributed by atoms with Crippen LogP contribution in [0.1, 0.15) is 18.5 Å². The number of nitrogens with zero attached hydrogens (tertiary/aromatic N) is 2. The summed E-state index contributed by atoms with van der Waals surface area (Å²) in [6, 6.07) is 6.87. The van der Waals surface area contributed by atoms with Crippen LogP contribution in [0.25, 0.3) is 0 Å². The van der Waals surface area contributed by atoms with Crippen molar-refractivity contribution >= 4 is 0 Å². The highest BCUT2D eigenvalue weighted by molar-refractivity contribution is 5.24. The van der Waals surface area contributed by atoms with Crippen LogP contribution in [0.2, 0.25) is 0 Å². The molecule has 1 N–H and O–H groups in total. The zero-order chi connectivity index (χ0) is 18.1. The van der Waals surface area contributed by atoms with E-state index >= 15 is 0 Å². The van der Waals surface area contributed by atoms with Crippen molar-refractivity contribution in [3.8, 4) is 11.5 Å². The van der Waals surface area contributed by atoms with E-state index in [1.807, 2.05) is 6.07 Å². The van der Waals surface area contributed by atoms with Gasteiger partial charge in [-0.25, -0.2) is 8.78 Å². The first kappa shape index (κ1) is 17.2. The monoisotopic (exact) mass is 360 g/mol. The molecule has 1 aliphatic heterocycles. The quantitative estimate of drug-likeness (QED) is 0.888. The Morgan fingerprint density at radius 1 is 1.08 bits per heavy atom. The fourth-order valence-electron chi connectivity index (χ4n) is 4.25. The zero-order valence-corrected chi connectivity index (χ0v) is 14.4. The molecule has 0 spiro atoms. The topological polar surface area (TPSA) is 45.6 Å². The van der Waals surface area contributed by atoms with Gasteiger partial charge in [-0.15, -0.1) is 0 Å². The fraction of sp³-hybridized carbons (Fsp3) is 0.450. The largest absolute Gasteiger partial charge is 0.506 e. The van der Waals surface area contributed by atoms with E-state index in [1.54, 1.807) is 6.07 Å². The predicted octanol–water partition coefficient (Wildman–Crippen LogP) is 3.40. The Balaban J connectivity index is 1.26. The highest BCUT2D eigenvalue weighted by atomic mass is 19.1. The first-order valence-corrected chi connectivity index (χ1v) is 9.04. The van der Waals surface area contributed by atoms with Gasteiger partial charge >= 0.3 is 0 Å². The van der Waals surface area contributed by atoms with Gasteiger partial charge in [0.2, 0.25) is 0 Å². The molecule has 2 aromatic rings. The molecule has 6 heteroatoms. The molecule has 0 amide bonds. The predicted molar refractivity (Wildman–Crippen MR) is 93.0 cm³/mol. The lowest BCUT2D eigenvalue weighted by Crippen LogP contribution is -2.26. The second-order valence-corrected chi connectivity index (χ2v) is 7.35. The SMILES string of the molecule is Oc1ccc(CCN2CC3CC(Oc4cc(F)cc(F)c4)CC3C2)nc1. The van der Waals surface area contributed by atoms with E-state index in [0.717, 1.165) is 50.7 Å². The van der Waals surface area contributed by atoms with Gasteiger partial charge in [0, 0.05) is 49.9 Å². The molecule has 26 heavy (non-hydrogen) atoms. The Kier molecular flexibility index (Phi) is 4.76. The van der Waals surface area contributed by atoms with Crippen LogP contribution in [-0.4, -0.2) is 40.7 Å². The molecule has 1 aliphatic carbocycles. The van der Waals surface area contributed by atoms with Crippen LogP contribution in [0.5, 0.6) is 11.5 Å². The second kappa shape index (κ2) is 7.19. The van der Waals surface area contributed by atoms with Gasteiger partial charge in [0.25, 0.3) is 0 Å². The van der Waals surface area contributed by atoms with Crippen molar-refractivity contribution in [3.05, 3.63) is 53.9 Å². The molecule has 1 aromatic heterocycles.